The zero-order valence-electron chi connectivity index (χ0n) is 11.4. The average Bonchev–Trinajstić information content (AvgIpc) is 2.44. The summed E-state index contributed by atoms with van der Waals surface area (Å²) in [6, 6.07) is 9.40. The summed E-state index contributed by atoms with van der Waals surface area (Å²) >= 11 is 0. The molecule has 0 aromatic heterocycles. The number of rotatable bonds is 6. The Labute approximate surface area is 113 Å². The predicted octanol–water partition coefficient (Wildman–Crippen LogP) is 4.56. The van der Waals surface area contributed by atoms with E-state index in [-0.39, 0.29) is 5.75 Å². The Morgan fingerprint density at radius 3 is 2.42 bits per heavy atom. The second-order valence-electron chi connectivity index (χ2n) is 4.45. The van der Waals surface area contributed by atoms with Gasteiger partial charge in [-0.1, -0.05) is 38.1 Å². The van der Waals surface area contributed by atoms with E-state index in [4.69, 9.17) is 9.47 Å². The van der Waals surface area contributed by atoms with E-state index in [0.29, 0.717) is 30.1 Å². The Morgan fingerprint density at radius 2 is 1.68 bits per heavy atom. The second kappa shape index (κ2) is 6.32. The Kier molecular flexibility index (Phi) is 4.50. The van der Waals surface area contributed by atoms with Crippen LogP contribution in [0.5, 0.6) is 17.2 Å². The molecule has 0 bridgehead atoms. The van der Waals surface area contributed by atoms with Crippen LogP contribution in [0.15, 0.2) is 30.3 Å². The third kappa shape index (κ3) is 2.92. The van der Waals surface area contributed by atoms with Crippen molar-refractivity contribution in [2.45, 2.75) is 26.7 Å². The molecule has 19 heavy (non-hydrogen) atoms. The number of fused-ring (bicyclic) bond motifs is 1. The van der Waals surface area contributed by atoms with Crippen LogP contribution < -0.4 is 9.47 Å². The summed E-state index contributed by atoms with van der Waals surface area (Å²) in [6.07, 6.45) is 1.76. The molecule has 3 heteroatoms. The molecule has 0 fully saturated rings. The molecule has 101 valence electrons. The van der Waals surface area contributed by atoms with Gasteiger partial charge in [0, 0.05) is 5.39 Å². The van der Waals surface area contributed by atoms with Gasteiger partial charge in [0.25, 0.3) is 0 Å². The standard InChI is InChI=1S/C16H19O3/c1-3-9-18-14-11-12-7-5-6-8-13(12)15(17)16(14)19-10-4-2/h5-8,11H,3-4,9-10H2,1-2H3. The Bertz CT molecular complexity index is 549. The van der Waals surface area contributed by atoms with Crippen molar-refractivity contribution in [1.82, 2.24) is 0 Å². The van der Waals surface area contributed by atoms with Gasteiger partial charge in [-0.15, -0.1) is 0 Å². The number of hydrogen-bond donors (Lipinski definition) is 0. The van der Waals surface area contributed by atoms with Crippen LogP contribution in [-0.2, 0) is 5.11 Å². The first-order valence-corrected chi connectivity index (χ1v) is 6.76. The zero-order valence-corrected chi connectivity index (χ0v) is 11.4. The van der Waals surface area contributed by atoms with E-state index in [1.54, 1.807) is 0 Å². The van der Waals surface area contributed by atoms with Gasteiger partial charge in [-0.05, 0) is 24.3 Å². The lowest BCUT2D eigenvalue weighted by molar-refractivity contribution is 0.247. The summed E-state index contributed by atoms with van der Waals surface area (Å²) in [5.41, 5.74) is 0. The van der Waals surface area contributed by atoms with Crippen LogP contribution in [0.4, 0.5) is 0 Å². The molecular weight excluding hydrogens is 240 g/mol. The Morgan fingerprint density at radius 1 is 1.00 bits per heavy atom. The number of ether oxygens (including phenoxy) is 2. The van der Waals surface area contributed by atoms with Gasteiger partial charge in [0.15, 0.2) is 5.75 Å². The largest absolute Gasteiger partial charge is 0.490 e. The van der Waals surface area contributed by atoms with Gasteiger partial charge in [0.1, 0.15) is 0 Å². The highest BCUT2D eigenvalue weighted by Gasteiger charge is 2.16. The lowest BCUT2D eigenvalue weighted by Gasteiger charge is -2.14. The zero-order chi connectivity index (χ0) is 13.7. The number of benzene rings is 2. The van der Waals surface area contributed by atoms with Gasteiger partial charge < -0.3 is 9.47 Å². The van der Waals surface area contributed by atoms with Crippen molar-refractivity contribution in [3.8, 4) is 17.2 Å². The van der Waals surface area contributed by atoms with Crippen molar-refractivity contribution in [2.75, 3.05) is 13.2 Å². The first-order chi connectivity index (χ1) is 9.27. The molecule has 2 aromatic carbocycles. The van der Waals surface area contributed by atoms with E-state index in [2.05, 4.69) is 0 Å². The van der Waals surface area contributed by atoms with Crippen molar-refractivity contribution in [2.24, 2.45) is 0 Å². The summed E-state index contributed by atoms with van der Waals surface area (Å²) in [7, 11) is 0. The van der Waals surface area contributed by atoms with Crippen molar-refractivity contribution in [3.05, 3.63) is 30.3 Å². The maximum atomic E-state index is 12.4. The van der Waals surface area contributed by atoms with E-state index >= 15 is 0 Å². The average molecular weight is 259 g/mol. The monoisotopic (exact) mass is 259 g/mol. The normalized spacial score (nSPS) is 10.6. The van der Waals surface area contributed by atoms with Gasteiger partial charge in [0.05, 0.1) is 13.2 Å². The van der Waals surface area contributed by atoms with Crippen LogP contribution in [0.3, 0.4) is 0 Å². The molecule has 2 aromatic rings. The molecule has 0 saturated heterocycles. The molecule has 0 heterocycles. The Hall–Kier alpha value is -1.90. The van der Waals surface area contributed by atoms with E-state index < -0.39 is 0 Å². The summed E-state index contributed by atoms with van der Waals surface area (Å²) in [5, 5.41) is 14.0. The molecule has 0 amide bonds. The summed E-state index contributed by atoms with van der Waals surface area (Å²) in [6.45, 7) is 5.15. The minimum Gasteiger partial charge on any atom is -0.490 e. The molecule has 0 saturated carbocycles. The van der Waals surface area contributed by atoms with E-state index in [1.165, 1.54) is 0 Å². The number of hydrogen-bond acceptors (Lipinski definition) is 2. The fraction of sp³-hybridized carbons (Fsp3) is 0.375. The molecule has 0 atom stereocenters. The van der Waals surface area contributed by atoms with Gasteiger partial charge in [-0.3, -0.25) is 5.11 Å². The van der Waals surface area contributed by atoms with Crippen LogP contribution in [0.2, 0.25) is 0 Å². The van der Waals surface area contributed by atoms with E-state index in [9.17, 15) is 5.11 Å². The van der Waals surface area contributed by atoms with Crippen molar-refractivity contribution >= 4 is 10.8 Å². The quantitative estimate of drug-likeness (QED) is 0.762. The molecular formula is C16H19O3. The first kappa shape index (κ1) is 13.5. The molecule has 2 rings (SSSR count). The summed E-state index contributed by atoms with van der Waals surface area (Å²) in [5.74, 6) is 0.811. The van der Waals surface area contributed by atoms with Gasteiger partial charge in [-0.2, -0.15) is 0 Å². The first-order valence-electron chi connectivity index (χ1n) is 6.76. The van der Waals surface area contributed by atoms with Crippen molar-refractivity contribution < 1.29 is 14.6 Å². The van der Waals surface area contributed by atoms with Crippen molar-refractivity contribution in [3.63, 3.8) is 0 Å². The second-order valence-corrected chi connectivity index (χ2v) is 4.45. The van der Waals surface area contributed by atoms with Crippen LogP contribution in [0, 0.1) is 0 Å². The van der Waals surface area contributed by atoms with E-state index in [0.717, 1.165) is 18.2 Å². The van der Waals surface area contributed by atoms with Crippen LogP contribution >= 0.6 is 0 Å². The molecule has 0 spiro atoms. The van der Waals surface area contributed by atoms with Gasteiger partial charge in [0.2, 0.25) is 11.5 Å². The molecule has 0 unspecified atom stereocenters. The SMILES string of the molecule is CCCOc1cc2ccccc2c([O])c1OCCC. The highest BCUT2D eigenvalue weighted by molar-refractivity contribution is 5.92. The van der Waals surface area contributed by atoms with E-state index in [1.807, 2.05) is 44.2 Å². The van der Waals surface area contributed by atoms with Crippen molar-refractivity contribution in [1.29, 1.82) is 0 Å². The summed E-state index contributed by atoms with van der Waals surface area (Å²) < 4.78 is 11.2. The summed E-state index contributed by atoms with van der Waals surface area (Å²) in [4.78, 5) is 0. The third-order valence-corrected chi connectivity index (χ3v) is 2.83. The van der Waals surface area contributed by atoms with Crippen LogP contribution in [-0.4, -0.2) is 13.2 Å². The minimum absolute atomic E-state index is 0.0855. The fourth-order valence-electron chi connectivity index (χ4n) is 1.93. The topological polar surface area (TPSA) is 38.4 Å². The molecule has 0 aliphatic heterocycles. The smallest absolute Gasteiger partial charge is 0.232 e. The molecule has 0 N–H and O–H groups in total. The predicted molar refractivity (Wildman–Crippen MR) is 75.7 cm³/mol. The highest BCUT2D eigenvalue weighted by Crippen LogP contribution is 2.43. The fourth-order valence-corrected chi connectivity index (χ4v) is 1.93. The molecule has 0 aliphatic carbocycles. The maximum absolute atomic E-state index is 12.4. The van der Waals surface area contributed by atoms with Gasteiger partial charge in [-0.25, -0.2) is 0 Å². The third-order valence-electron chi connectivity index (χ3n) is 2.83. The van der Waals surface area contributed by atoms with Crippen LogP contribution in [0.25, 0.3) is 10.8 Å². The van der Waals surface area contributed by atoms with Crippen LogP contribution in [0.1, 0.15) is 26.7 Å². The highest BCUT2D eigenvalue weighted by atomic mass is 16.5. The molecule has 0 aliphatic rings. The minimum atomic E-state index is -0.0855. The lowest BCUT2D eigenvalue weighted by atomic mass is 10.1. The van der Waals surface area contributed by atoms with Gasteiger partial charge >= 0.3 is 0 Å². The lowest BCUT2D eigenvalue weighted by Crippen LogP contribution is -2.01. The molecule has 1 radical (unpaired) electrons. The Balaban J connectivity index is 2.48. The molecule has 3 nitrogen and oxygen atoms in total. The maximum Gasteiger partial charge on any atom is 0.232 e.